The molecule has 0 aromatic carbocycles. The summed E-state index contributed by atoms with van der Waals surface area (Å²) in [6, 6.07) is 0. The molecular weight excluding hydrogens is 619 g/mol. The molecule has 0 aliphatic carbocycles. The Kier molecular flexibility index (Phi) is 31.1. The molecule has 0 aromatic heterocycles. The van der Waals surface area contributed by atoms with Crippen LogP contribution in [-0.2, 0) is 28.2 Å². The normalized spacial score (nSPS) is 13.7. The predicted octanol–water partition coefficient (Wildman–Crippen LogP) is 9.37. The SMILES string of the molecule is CCCC/C=C\CCCCCCCC(=O)O[C@H](COC(=O)CCCC(O)/C=C/C=C/C/C=C/CCCCCCCC)COP(=O)(O)O. The third-order valence-corrected chi connectivity index (χ3v) is 7.91. The van der Waals surface area contributed by atoms with Crippen LogP contribution >= 0.6 is 7.82 Å². The molecule has 10 heteroatoms. The lowest BCUT2D eigenvalue weighted by molar-refractivity contribution is -0.161. The highest BCUT2D eigenvalue weighted by atomic mass is 31.2. The number of phosphoric ester groups is 1. The second kappa shape index (κ2) is 32.5. The third-order valence-electron chi connectivity index (χ3n) is 7.42. The topological polar surface area (TPSA) is 140 Å². The monoisotopic (exact) mass is 684 g/mol. The van der Waals surface area contributed by atoms with Crippen LogP contribution in [0.1, 0.15) is 149 Å². The Morgan fingerprint density at radius 2 is 1.23 bits per heavy atom. The van der Waals surface area contributed by atoms with Gasteiger partial charge in [0.1, 0.15) is 6.61 Å². The van der Waals surface area contributed by atoms with E-state index < -0.39 is 38.6 Å². The van der Waals surface area contributed by atoms with Crippen LogP contribution in [0.5, 0.6) is 0 Å². The Balaban J connectivity index is 4.20. The summed E-state index contributed by atoms with van der Waals surface area (Å²) >= 11 is 0. The number of hydrogen-bond acceptors (Lipinski definition) is 7. The smallest absolute Gasteiger partial charge is 0.462 e. The molecule has 272 valence electrons. The number of carbonyl (C=O) groups excluding carboxylic acids is 2. The molecule has 0 saturated heterocycles. The number of hydrogen-bond donors (Lipinski definition) is 3. The van der Waals surface area contributed by atoms with Gasteiger partial charge in [0.05, 0.1) is 12.7 Å². The number of phosphoric acid groups is 1. The molecule has 0 bridgehead atoms. The zero-order valence-electron chi connectivity index (χ0n) is 29.3. The minimum atomic E-state index is -4.79. The van der Waals surface area contributed by atoms with Gasteiger partial charge in [-0.3, -0.25) is 14.1 Å². The van der Waals surface area contributed by atoms with Crippen LogP contribution in [-0.4, -0.2) is 52.3 Å². The van der Waals surface area contributed by atoms with Gasteiger partial charge < -0.3 is 24.4 Å². The van der Waals surface area contributed by atoms with Gasteiger partial charge >= 0.3 is 19.8 Å². The van der Waals surface area contributed by atoms with Crippen LogP contribution in [0.2, 0.25) is 0 Å². The lowest BCUT2D eigenvalue weighted by Crippen LogP contribution is -2.29. The summed E-state index contributed by atoms with van der Waals surface area (Å²) in [6.07, 6.45) is 34.4. The van der Waals surface area contributed by atoms with Gasteiger partial charge in [0.15, 0.2) is 6.10 Å². The van der Waals surface area contributed by atoms with Crippen LogP contribution in [0.15, 0.2) is 48.6 Å². The Bertz CT molecular complexity index is 923. The van der Waals surface area contributed by atoms with E-state index in [9.17, 15) is 19.3 Å². The van der Waals surface area contributed by atoms with Crippen molar-refractivity contribution in [1.29, 1.82) is 0 Å². The molecule has 0 spiro atoms. The molecule has 0 saturated carbocycles. The molecule has 47 heavy (non-hydrogen) atoms. The number of carbonyl (C=O) groups is 2. The van der Waals surface area contributed by atoms with E-state index in [1.165, 1.54) is 51.4 Å². The van der Waals surface area contributed by atoms with E-state index in [1.807, 2.05) is 12.2 Å². The molecule has 0 amide bonds. The van der Waals surface area contributed by atoms with Gasteiger partial charge in [-0.1, -0.05) is 127 Å². The molecule has 9 nitrogen and oxygen atoms in total. The van der Waals surface area contributed by atoms with Crippen molar-refractivity contribution in [3.05, 3.63) is 48.6 Å². The maximum Gasteiger partial charge on any atom is 0.469 e. The number of aliphatic hydroxyl groups is 1. The number of aliphatic hydroxyl groups excluding tert-OH is 1. The molecule has 3 N–H and O–H groups in total. The second-order valence-corrected chi connectivity index (χ2v) is 13.3. The molecule has 0 aliphatic rings. The van der Waals surface area contributed by atoms with Crippen LogP contribution in [0.4, 0.5) is 0 Å². The lowest BCUT2D eigenvalue weighted by atomic mass is 10.1. The maximum atomic E-state index is 12.3. The number of rotatable bonds is 32. The summed E-state index contributed by atoms with van der Waals surface area (Å²) < 4.78 is 26.1. The highest BCUT2D eigenvalue weighted by molar-refractivity contribution is 7.46. The molecule has 0 aromatic rings. The Morgan fingerprint density at radius 1 is 0.660 bits per heavy atom. The van der Waals surface area contributed by atoms with Crippen molar-refractivity contribution >= 4 is 19.8 Å². The largest absolute Gasteiger partial charge is 0.469 e. The summed E-state index contributed by atoms with van der Waals surface area (Å²) in [4.78, 5) is 42.6. The average Bonchev–Trinajstić information content (AvgIpc) is 3.03. The van der Waals surface area contributed by atoms with E-state index >= 15 is 0 Å². The summed E-state index contributed by atoms with van der Waals surface area (Å²) in [5.41, 5.74) is 0. The van der Waals surface area contributed by atoms with Crippen LogP contribution in [0.3, 0.4) is 0 Å². The van der Waals surface area contributed by atoms with Gasteiger partial charge in [0, 0.05) is 12.8 Å². The average molecular weight is 685 g/mol. The first kappa shape index (κ1) is 45.0. The minimum absolute atomic E-state index is 0.0404. The first-order valence-corrected chi connectivity index (χ1v) is 19.6. The number of ether oxygens (including phenoxy) is 2. The van der Waals surface area contributed by atoms with Gasteiger partial charge in [0.25, 0.3) is 0 Å². The van der Waals surface area contributed by atoms with Gasteiger partial charge in [-0.05, 0) is 57.8 Å². The van der Waals surface area contributed by atoms with Crippen molar-refractivity contribution < 1.29 is 43.0 Å². The number of unbranched alkanes of at least 4 members (excludes halogenated alkanes) is 13. The molecule has 0 radical (unpaired) electrons. The van der Waals surface area contributed by atoms with Crippen molar-refractivity contribution in [2.24, 2.45) is 0 Å². The summed E-state index contributed by atoms with van der Waals surface area (Å²) in [5, 5.41) is 10.1. The van der Waals surface area contributed by atoms with Crippen LogP contribution < -0.4 is 0 Å². The molecular formula is C37H65O9P. The summed E-state index contributed by atoms with van der Waals surface area (Å²) in [6.45, 7) is 3.44. The van der Waals surface area contributed by atoms with Crippen molar-refractivity contribution in [2.75, 3.05) is 13.2 Å². The molecule has 0 heterocycles. The fourth-order valence-electron chi connectivity index (χ4n) is 4.66. The Hall–Kier alpha value is -2.03. The highest BCUT2D eigenvalue weighted by Gasteiger charge is 2.23. The number of allylic oxidation sites excluding steroid dienone is 7. The molecule has 0 rings (SSSR count). The fourth-order valence-corrected chi connectivity index (χ4v) is 5.02. The minimum Gasteiger partial charge on any atom is -0.462 e. The fraction of sp³-hybridized carbons (Fsp3) is 0.730. The third kappa shape index (κ3) is 35.1. The van der Waals surface area contributed by atoms with Gasteiger partial charge in [-0.25, -0.2) is 4.57 Å². The molecule has 0 fully saturated rings. The van der Waals surface area contributed by atoms with Crippen molar-refractivity contribution in [3.8, 4) is 0 Å². The second-order valence-electron chi connectivity index (χ2n) is 12.0. The lowest BCUT2D eigenvalue weighted by Gasteiger charge is -2.18. The van der Waals surface area contributed by atoms with E-state index in [0.29, 0.717) is 19.3 Å². The number of esters is 2. The molecule has 2 atom stereocenters. The zero-order valence-corrected chi connectivity index (χ0v) is 30.2. The van der Waals surface area contributed by atoms with E-state index in [0.717, 1.165) is 51.4 Å². The standard InChI is InChI=1S/C37H65O9P/c1-3-5-7-9-11-13-15-16-18-19-21-23-25-28-34(38)29-27-31-36(39)44-32-35(33-45-47(41,42)43)46-37(40)30-26-24-22-20-17-14-12-10-8-6-4-2/h10,12,16,18,21,23,25,28,34-35,38H,3-9,11,13-15,17,19-20,22,24,26-27,29-33H2,1-2H3,(H2,41,42,43)/b12-10-,18-16+,23-21+,28-25+/t34?,35-/m1/s1. The van der Waals surface area contributed by atoms with Gasteiger partial charge in [-0.2, -0.15) is 0 Å². The summed E-state index contributed by atoms with van der Waals surface area (Å²) in [5.74, 6) is -1.10. The van der Waals surface area contributed by atoms with E-state index in [2.05, 4.69) is 42.7 Å². The van der Waals surface area contributed by atoms with Crippen molar-refractivity contribution in [2.45, 2.75) is 161 Å². The molecule has 0 aliphatic heterocycles. The molecule has 1 unspecified atom stereocenters. The first-order chi connectivity index (χ1) is 22.7. The first-order valence-electron chi connectivity index (χ1n) is 18.0. The van der Waals surface area contributed by atoms with E-state index in [1.54, 1.807) is 12.2 Å². The quantitative estimate of drug-likeness (QED) is 0.0208. The zero-order chi connectivity index (χ0) is 34.9. The Labute approximate surface area is 285 Å². The van der Waals surface area contributed by atoms with Crippen molar-refractivity contribution in [3.63, 3.8) is 0 Å². The highest BCUT2D eigenvalue weighted by Crippen LogP contribution is 2.36. The van der Waals surface area contributed by atoms with Crippen LogP contribution in [0, 0.1) is 0 Å². The maximum absolute atomic E-state index is 12.3. The summed E-state index contributed by atoms with van der Waals surface area (Å²) in [7, 11) is -4.79. The van der Waals surface area contributed by atoms with E-state index in [-0.39, 0.29) is 19.4 Å². The van der Waals surface area contributed by atoms with Crippen LogP contribution in [0.25, 0.3) is 0 Å². The van der Waals surface area contributed by atoms with Gasteiger partial charge in [0.2, 0.25) is 0 Å². The van der Waals surface area contributed by atoms with Crippen molar-refractivity contribution in [1.82, 2.24) is 0 Å². The Morgan fingerprint density at radius 3 is 1.89 bits per heavy atom. The van der Waals surface area contributed by atoms with E-state index in [4.69, 9.17) is 19.3 Å². The predicted molar refractivity (Wildman–Crippen MR) is 190 cm³/mol. The van der Waals surface area contributed by atoms with Gasteiger partial charge in [-0.15, -0.1) is 0 Å².